The Kier molecular flexibility index (Phi) is 4.26. The van der Waals surface area contributed by atoms with Gasteiger partial charge >= 0.3 is 0 Å². The van der Waals surface area contributed by atoms with Crippen molar-refractivity contribution in [3.63, 3.8) is 0 Å². The Bertz CT molecular complexity index is 793. The fraction of sp³-hybridized carbons (Fsp3) is 0.294. The van der Waals surface area contributed by atoms with Crippen LogP contribution in [0.1, 0.15) is 24.9 Å². The fourth-order valence-electron chi connectivity index (χ4n) is 2.78. The molecule has 3 rings (SSSR count). The van der Waals surface area contributed by atoms with Gasteiger partial charge in [-0.3, -0.25) is 4.31 Å². The Morgan fingerprint density at radius 3 is 2.57 bits per heavy atom. The summed E-state index contributed by atoms with van der Waals surface area (Å²) in [7, 11) is -3.39. The maximum Gasteiger partial charge on any atom is 0.235 e. The van der Waals surface area contributed by atoms with Crippen LogP contribution in [0.25, 0.3) is 0 Å². The molecule has 1 saturated heterocycles. The lowest BCUT2D eigenvalue weighted by Gasteiger charge is -2.20. The van der Waals surface area contributed by atoms with Gasteiger partial charge in [0.15, 0.2) is 0 Å². The van der Waals surface area contributed by atoms with Crippen molar-refractivity contribution in [2.75, 3.05) is 21.9 Å². The molecular weight excluding hydrogens is 315 g/mol. The molecule has 0 aliphatic carbocycles. The number of hydrogen-bond acceptors (Lipinski definition) is 3. The summed E-state index contributed by atoms with van der Waals surface area (Å²) in [5, 5.41) is 3.29. The lowest BCUT2D eigenvalue weighted by atomic mass is 10.1. The standard InChI is InChI=1S/C17H19FN2O2S/c1-13(14-6-3-2-4-7-14)19-15-8-9-16(18)17(12-15)20-10-5-11-23(20,21)22/h2-4,6-9,12-13,19H,5,10-11H2,1H3. The normalized spacial score (nSPS) is 17.9. The van der Waals surface area contributed by atoms with Gasteiger partial charge in [0.1, 0.15) is 5.82 Å². The van der Waals surface area contributed by atoms with Gasteiger partial charge in [0, 0.05) is 18.3 Å². The minimum Gasteiger partial charge on any atom is -0.378 e. The molecule has 2 aromatic carbocycles. The minimum absolute atomic E-state index is 0.0321. The third kappa shape index (κ3) is 3.32. The van der Waals surface area contributed by atoms with E-state index in [1.165, 1.54) is 10.4 Å². The molecule has 6 heteroatoms. The first kappa shape index (κ1) is 15.8. The molecule has 0 radical (unpaired) electrons. The number of anilines is 2. The van der Waals surface area contributed by atoms with Crippen LogP contribution in [0.15, 0.2) is 48.5 Å². The highest BCUT2D eigenvalue weighted by Crippen LogP contribution is 2.30. The molecule has 4 nitrogen and oxygen atoms in total. The second kappa shape index (κ2) is 6.20. The van der Waals surface area contributed by atoms with E-state index in [0.29, 0.717) is 18.7 Å². The quantitative estimate of drug-likeness (QED) is 0.930. The first-order valence-corrected chi connectivity index (χ1v) is 9.20. The number of nitrogens with zero attached hydrogens (tertiary/aromatic N) is 1. The van der Waals surface area contributed by atoms with E-state index in [0.717, 1.165) is 5.56 Å². The van der Waals surface area contributed by atoms with E-state index in [1.54, 1.807) is 12.1 Å². The van der Waals surface area contributed by atoms with Gasteiger partial charge in [-0.25, -0.2) is 12.8 Å². The van der Waals surface area contributed by atoms with Gasteiger partial charge < -0.3 is 5.32 Å². The van der Waals surface area contributed by atoms with Crippen molar-refractivity contribution in [1.29, 1.82) is 0 Å². The van der Waals surface area contributed by atoms with Crippen molar-refractivity contribution < 1.29 is 12.8 Å². The molecular formula is C17H19FN2O2S. The van der Waals surface area contributed by atoms with E-state index in [4.69, 9.17) is 0 Å². The second-order valence-electron chi connectivity index (χ2n) is 5.68. The highest BCUT2D eigenvalue weighted by molar-refractivity contribution is 7.93. The number of benzene rings is 2. The number of sulfonamides is 1. The van der Waals surface area contributed by atoms with Crippen LogP contribution in [0.5, 0.6) is 0 Å². The maximum atomic E-state index is 14.1. The van der Waals surface area contributed by atoms with Crippen LogP contribution in [0.4, 0.5) is 15.8 Å². The molecule has 1 heterocycles. The topological polar surface area (TPSA) is 49.4 Å². The molecule has 1 N–H and O–H groups in total. The summed E-state index contributed by atoms with van der Waals surface area (Å²) in [6.07, 6.45) is 0.528. The fourth-order valence-corrected chi connectivity index (χ4v) is 4.34. The molecule has 0 amide bonds. The van der Waals surface area contributed by atoms with Crippen molar-refractivity contribution in [3.05, 3.63) is 59.9 Å². The smallest absolute Gasteiger partial charge is 0.235 e. The Morgan fingerprint density at radius 2 is 1.91 bits per heavy atom. The predicted molar refractivity (Wildman–Crippen MR) is 90.6 cm³/mol. The average molecular weight is 334 g/mol. The largest absolute Gasteiger partial charge is 0.378 e. The van der Waals surface area contributed by atoms with E-state index in [9.17, 15) is 12.8 Å². The molecule has 0 saturated carbocycles. The monoisotopic (exact) mass is 334 g/mol. The van der Waals surface area contributed by atoms with Crippen molar-refractivity contribution in [3.8, 4) is 0 Å². The second-order valence-corrected chi connectivity index (χ2v) is 7.70. The predicted octanol–water partition coefficient (Wildman–Crippen LogP) is 3.54. The minimum atomic E-state index is -3.39. The summed E-state index contributed by atoms with van der Waals surface area (Å²) in [6.45, 7) is 2.34. The molecule has 23 heavy (non-hydrogen) atoms. The zero-order valence-electron chi connectivity index (χ0n) is 12.9. The lowest BCUT2D eigenvalue weighted by molar-refractivity contribution is 0.595. The molecule has 0 bridgehead atoms. The Labute approximate surface area is 136 Å². The van der Waals surface area contributed by atoms with Crippen molar-refractivity contribution >= 4 is 21.4 Å². The zero-order chi connectivity index (χ0) is 16.4. The molecule has 1 aliphatic rings. The SMILES string of the molecule is CC(Nc1ccc(F)c(N2CCCS2(=O)=O)c1)c1ccccc1. The summed E-state index contributed by atoms with van der Waals surface area (Å²) < 4.78 is 39.3. The molecule has 1 fully saturated rings. The Hall–Kier alpha value is -2.08. The van der Waals surface area contributed by atoms with Crippen molar-refractivity contribution in [1.82, 2.24) is 0 Å². The average Bonchev–Trinajstić information content (AvgIpc) is 2.89. The van der Waals surface area contributed by atoms with Gasteiger partial charge in [-0.2, -0.15) is 0 Å². The van der Waals surface area contributed by atoms with Gasteiger partial charge in [0.2, 0.25) is 10.0 Å². The number of hydrogen-bond donors (Lipinski definition) is 1. The van der Waals surface area contributed by atoms with Gasteiger partial charge in [-0.15, -0.1) is 0 Å². The van der Waals surface area contributed by atoms with E-state index in [-0.39, 0.29) is 17.5 Å². The Balaban J connectivity index is 1.86. The van der Waals surface area contributed by atoms with E-state index < -0.39 is 15.8 Å². The van der Waals surface area contributed by atoms with Gasteiger partial charge in [-0.1, -0.05) is 30.3 Å². The number of nitrogens with one attached hydrogen (secondary N) is 1. The van der Waals surface area contributed by atoms with Gasteiger partial charge in [-0.05, 0) is 37.1 Å². The number of rotatable bonds is 4. The van der Waals surface area contributed by atoms with Gasteiger partial charge in [0.25, 0.3) is 0 Å². The summed E-state index contributed by atoms with van der Waals surface area (Å²) in [5.74, 6) is -0.446. The lowest BCUT2D eigenvalue weighted by Crippen LogP contribution is -2.26. The van der Waals surface area contributed by atoms with Crippen LogP contribution in [-0.2, 0) is 10.0 Å². The summed E-state index contributed by atoms with van der Waals surface area (Å²) in [5.41, 5.74) is 1.92. The molecule has 1 unspecified atom stereocenters. The first-order valence-electron chi connectivity index (χ1n) is 7.59. The molecule has 0 spiro atoms. The third-order valence-corrected chi connectivity index (χ3v) is 5.85. The van der Waals surface area contributed by atoms with Crippen LogP contribution < -0.4 is 9.62 Å². The zero-order valence-corrected chi connectivity index (χ0v) is 13.7. The third-order valence-electron chi connectivity index (χ3n) is 4.00. The maximum absolute atomic E-state index is 14.1. The number of halogens is 1. The summed E-state index contributed by atoms with van der Waals surface area (Å²) in [6, 6.07) is 14.4. The highest BCUT2D eigenvalue weighted by Gasteiger charge is 2.30. The summed E-state index contributed by atoms with van der Waals surface area (Å²) in [4.78, 5) is 0. The molecule has 1 aliphatic heterocycles. The van der Waals surface area contributed by atoms with Gasteiger partial charge in [0.05, 0.1) is 11.4 Å². The Morgan fingerprint density at radius 1 is 1.17 bits per heavy atom. The molecule has 1 atom stereocenters. The van der Waals surface area contributed by atoms with Crippen molar-refractivity contribution in [2.45, 2.75) is 19.4 Å². The van der Waals surface area contributed by atoms with Crippen molar-refractivity contribution in [2.24, 2.45) is 0 Å². The molecule has 122 valence electrons. The van der Waals surface area contributed by atoms with Crippen LogP contribution in [0.2, 0.25) is 0 Å². The van der Waals surface area contributed by atoms with E-state index in [2.05, 4.69) is 5.32 Å². The van der Waals surface area contributed by atoms with Crippen LogP contribution in [0.3, 0.4) is 0 Å². The van der Waals surface area contributed by atoms with Crippen LogP contribution in [-0.4, -0.2) is 20.7 Å². The van der Waals surface area contributed by atoms with Crippen LogP contribution in [0, 0.1) is 5.82 Å². The van der Waals surface area contributed by atoms with Crippen LogP contribution >= 0.6 is 0 Å². The molecule has 2 aromatic rings. The molecule has 0 aromatic heterocycles. The van der Waals surface area contributed by atoms with E-state index in [1.807, 2.05) is 37.3 Å². The van der Waals surface area contributed by atoms with E-state index >= 15 is 0 Å². The first-order chi connectivity index (χ1) is 11.0. The highest BCUT2D eigenvalue weighted by atomic mass is 32.2. The summed E-state index contributed by atoms with van der Waals surface area (Å²) >= 11 is 0.